The standard InChI is InChI=1S/C15H24N2S/c1-11(12-6-7-18-10-12)17-14-4-3-5-15(17)9-13(8-14)16-2/h6-7,10-11,13-16H,3-5,8-9H2,1-2H3. The topological polar surface area (TPSA) is 15.3 Å². The van der Waals surface area contributed by atoms with Crippen molar-refractivity contribution in [3.8, 4) is 0 Å². The number of hydrogen-bond donors (Lipinski definition) is 1. The molecule has 2 nitrogen and oxygen atoms in total. The minimum Gasteiger partial charge on any atom is -0.317 e. The summed E-state index contributed by atoms with van der Waals surface area (Å²) in [6.45, 7) is 2.40. The molecule has 3 heterocycles. The first-order valence-electron chi connectivity index (χ1n) is 7.26. The lowest BCUT2D eigenvalue weighted by Gasteiger charge is -2.51. The number of piperidine rings is 2. The van der Waals surface area contributed by atoms with Crippen molar-refractivity contribution in [1.29, 1.82) is 0 Å². The second kappa shape index (κ2) is 5.32. The van der Waals surface area contributed by atoms with Gasteiger partial charge in [-0.1, -0.05) is 6.42 Å². The Bertz CT molecular complexity index is 362. The van der Waals surface area contributed by atoms with Gasteiger partial charge in [-0.15, -0.1) is 0 Å². The molecule has 100 valence electrons. The van der Waals surface area contributed by atoms with Crippen molar-refractivity contribution < 1.29 is 0 Å². The number of nitrogens with zero attached hydrogens (tertiary/aromatic N) is 1. The van der Waals surface area contributed by atoms with Gasteiger partial charge in [0.25, 0.3) is 0 Å². The second-order valence-electron chi connectivity index (χ2n) is 5.88. The van der Waals surface area contributed by atoms with E-state index in [0.29, 0.717) is 6.04 Å². The molecule has 1 aromatic rings. The molecule has 3 unspecified atom stereocenters. The van der Waals surface area contributed by atoms with Crippen LogP contribution >= 0.6 is 11.3 Å². The molecule has 2 bridgehead atoms. The summed E-state index contributed by atoms with van der Waals surface area (Å²) < 4.78 is 0. The van der Waals surface area contributed by atoms with E-state index in [1.165, 1.54) is 37.7 Å². The number of thiophene rings is 1. The van der Waals surface area contributed by atoms with E-state index in [9.17, 15) is 0 Å². The molecule has 3 heteroatoms. The van der Waals surface area contributed by atoms with Gasteiger partial charge < -0.3 is 5.32 Å². The van der Waals surface area contributed by atoms with Crippen LogP contribution in [0.3, 0.4) is 0 Å². The Balaban J connectivity index is 1.79. The van der Waals surface area contributed by atoms with Gasteiger partial charge in [0.05, 0.1) is 0 Å². The Hall–Kier alpha value is -0.380. The first-order chi connectivity index (χ1) is 8.79. The average Bonchev–Trinajstić information content (AvgIpc) is 2.90. The Morgan fingerprint density at radius 2 is 2.06 bits per heavy atom. The van der Waals surface area contributed by atoms with Crippen LogP contribution in [-0.4, -0.2) is 30.1 Å². The third-order valence-corrected chi connectivity index (χ3v) is 5.61. The maximum Gasteiger partial charge on any atom is 0.0334 e. The minimum atomic E-state index is 0.601. The first kappa shape index (κ1) is 12.6. The Kier molecular flexibility index (Phi) is 3.73. The van der Waals surface area contributed by atoms with Crippen LogP contribution < -0.4 is 5.32 Å². The van der Waals surface area contributed by atoms with Crippen LogP contribution in [0.1, 0.15) is 50.6 Å². The molecule has 2 fully saturated rings. The van der Waals surface area contributed by atoms with Gasteiger partial charge in [-0.2, -0.15) is 11.3 Å². The Morgan fingerprint density at radius 3 is 2.61 bits per heavy atom. The van der Waals surface area contributed by atoms with E-state index >= 15 is 0 Å². The number of hydrogen-bond acceptors (Lipinski definition) is 3. The Labute approximate surface area is 114 Å². The van der Waals surface area contributed by atoms with E-state index in [1.807, 2.05) is 11.3 Å². The second-order valence-corrected chi connectivity index (χ2v) is 6.66. The monoisotopic (exact) mass is 264 g/mol. The molecular weight excluding hydrogens is 240 g/mol. The molecule has 18 heavy (non-hydrogen) atoms. The van der Waals surface area contributed by atoms with Gasteiger partial charge in [-0.3, -0.25) is 4.90 Å². The highest BCUT2D eigenvalue weighted by atomic mass is 32.1. The van der Waals surface area contributed by atoms with Crippen LogP contribution in [0.5, 0.6) is 0 Å². The van der Waals surface area contributed by atoms with Crippen LogP contribution in [0, 0.1) is 0 Å². The van der Waals surface area contributed by atoms with Gasteiger partial charge in [0, 0.05) is 24.2 Å². The normalized spacial score (nSPS) is 34.4. The summed E-state index contributed by atoms with van der Waals surface area (Å²) in [6.07, 6.45) is 6.88. The molecule has 0 aliphatic carbocycles. The summed E-state index contributed by atoms with van der Waals surface area (Å²) in [4.78, 5) is 2.82. The molecule has 3 atom stereocenters. The van der Waals surface area contributed by atoms with Crippen LogP contribution in [0.4, 0.5) is 0 Å². The molecule has 0 radical (unpaired) electrons. The van der Waals surface area contributed by atoms with E-state index in [0.717, 1.165) is 18.1 Å². The first-order valence-corrected chi connectivity index (χ1v) is 8.20. The molecular formula is C15H24N2S. The number of rotatable bonds is 3. The fourth-order valence-electron chi connectivity index (χ4n) is 3.97. The SMILES string of the molecule is CNC1CC2CCCC(C1)N2C(C)c1ccsc1. The lowest BCUT2D eigenvalue weighted by Crippen LogP contribution is -2.56. The molecule has 1 N–H and O–H groups in total. The predicted octanol–water partition coefficient (Wildman–Crippen LogP) is 3.41. The van der Waals surface area contributed by atoms with Crippen LogP contribution in [0.2, 0.25) is 0 Å². The maximum atomic E-state index is 3.50. The molecule has 2 aliphatic heterocycles. The Morgan fingerprint density at radius 1 is 1.33 bits per heavy atom. The van der Waals surface area contributed by atoms with Gasteiger partial charge in [-0.25, -0.2) is 0 Å². The molecule has 0 spiro atoms. The fraction of sp³-hybridized carbons (Fsp3) is 0.733. The maximum absolute atomic E-state index is 3.50. The smallest absolute Gasteiger partial charge is 0.0334 e. The largest absolute Gasteiger partial charge is 0.317 e. The van der Waals surface area contributed by atoms with Gasteiger partial charge in [0.15, 0.2) is 0 Å². The molecule has 0 aromatic carbocycles. The molecule has 2 aliphatic rings. The van der Waals surface area contributed by atoms with Gasteiger partial charge in [0.1, 0.15) is 0 Å². The zero-order valence-corrected chi connectivity index (χ0v) is 12.2. The third kappa shape index (κ3) is 2.24. The van der Waals surface area contributed by atoms with Crippen molar-refractivity contribution in [2.45, 2.75) is 63.2 Å². The summed E-state index contributed by atoms with van der Waals surface area (Å²) in [5, 5.41) is 8.04. The van der Waals surface area contributed by atoms with Crippen LogP contribution in [0.15, 0.2) is 16.8 Å². The number of fused-ring (bicyclic) bond motifs is 2. The number of nitrogens with one attached hydrogen (secondary N) is 1. The van der Waals surface area contributed by atoms with Crippen LogP contribution in [-0.2, 0) is 0 Å². The zero-order valence-electron chi connectivity index (χ0n) is 11.4. The van der Waals surface area contributed by atoms with E-state index in [1.54, 1.807) is 0 Å². The fourth-order valence-corrected chi connectivity index (χ4v) is 4.72. The summed E-state index contributed by atoms with van der Waals surface area (Å²) in [5.74, 6) is 0. The predicted molar refractivity (Wildman–Crippen MR) is 78.1 cm³/mol. The lowest BCUT2D eigenvalue weighted by molar-refractivity contribution is -0.00503. The van der Waals surface area contributed by atoms with Crippen molar-refractivity contribution in [2.75, 3.05) is 7.05 Å². The molecule has 1 aromatic heterocycles. The molecule has 2 saturated heterocycles. The van der Waals surface area contributed by atoms with Crippen molar-refractivity contribution in [3.05, 3.63) is 22.4 Å². The highest BCUT2D eigenvalue weighted by Crippen LogP contribution is 2.40. The van der Waals surface area contributed by atoms with Crippen molar-refractivity contribution in [3.63, 3.8) is 0 Å². The quantitative estimate of drug-likeness (QED) is 0.900. The summed E-state index contributed by atoms with van der Waals surface area (Å²) in [6, 6.07) is 5.24. The molecule has 0 saturated carbocycles. The summed E-state index contributed by atoms with van der Waals surface area (Å²) in [7, 11) is 2.12. The average molecular weight is 264 g/mol. The van der Waals surface area contributed by atoms with E-state index < -0.39 is 0 Å². The summed E-state index contributed by atoms with van der Waals surface area (Å²) >= 11 is 1.83. The van der Waals surface area contributed by atoms with Crippen LogP contribution in [0.25, 0.3) is 0 Å². The van der Waals surface area contributed by atoms with Crippen molar-refractivity contribution in [2.24, 2.45) is 0 Å². The highest BCUT2D eigenvalue weighted by Gasteiger charge is 2.40. The molecule has 3 rings (SSSR count). The van der Waals surface area contributed by atoms with Gasteiger partial charge >= 0.3 is 0 Å². The van der Waals surface area contributed by atoms with E-state index in [2.05, 4.69) is 41.0 Å². The highest BCUT2D eigenvalue weighted by molar-refractivity contribution is 7.07. The van der Waals surface area contributed by atoms with Crippen molar-refractivity contribution in [1.82, 2.24) is 10.2 Å². The molecule has 0 amide bonds. The van der Waals surface area contributed by atoms with Gasteiger partial charge in [0.2, 0.25) is 0 Å². The van der Waals surface area contributed by atoms with E-state index in [4.69, 9.17) is 0 Å². The van der Waals surface area contributed by atoms with Crippen molar-refractivity contribution >= 4 is 11.3 Å². The summed E-state index contributed by atoms with van der Waals surface area (Å²) in [5.41, 5.74) is 1.51. The lowest BCUT2D eigenvalue weighted by atomic mass is 9.80. The van der Waals surface area contributed by atoms with E-state index in [-0.39, 0.29) is 0 Å². The van der Waals surface area contributed by atoms with Gasteiger partial charge in [-0.05, 0) is 62.0 Å². The zero-order chi connectivity index (χ0) is 12.5. The minimum absolute atomic E-state index is 0.601. The third-order valence-electron chi connectivity index (χ3n) is 4.91.